The van der Waals surface area contributed by atoms with E-state index in [1.807, 2.05) is 0 Å². The molecule has 0 radical (unpaired) electrons. The molecular formula is C11H22O3S. The Balaban J connectivity index is 3.20. The third kappa shape index (κ3) is 11.5. The van der Waals surface area contributed by atoms with Gasteiger partial charge in [-0.15, -0.1) is 0 Å². The van der Waals surface area contributed by atoms with Crippen molar-refractivity contribution in [3.05, 3.63) is 0 Å². The molecule has 0 saturated heterocycles. The van der Waals surface area contributed by atoms with Gasteiger partial charge in [0, 0.05) is 28.7 Å². The van der Waals surface area contributed by atoms with Crippen molar-refractivity contribution < 1.29 is 14.1 Å². The van der Waals surface area contributed by atoms with Crippen molar-refractivity contribution in [2.75, 3.05) is 11.5 Å². The Kier molecular flexibility index (Phi) is 9.89. The van der Waals surface area contributed by atoms with Crippen molar-refractivity contribution in [3.8, 4) is 0 Å². The highest BCUT2D eigenvalue weighted by molar-refractivity contribution is 7.84. The molecule has 1 atom stereocenters. The van der Waals surface area contributed by atoms with Crippen molar-refractivity contribution in [1.82, 2.24) is 0 Å². The third-order valence-corrected chi connectivity index (χ3v) is 3.73. The minimum atomic E-state index is -0.737. The van der Waals surface area contributed by atoms with Crippen molar-refractivity contribution in [2.24, 2.45) is 0 Å². The van der Waals surface area contributed by atoms with Gasteiger partial charge in [0.2, 0.25) is 0 Å². The molecule has 0 aliphatic heterocycles. The molecule has 4 heteroatoms. The maximum absolute atomic E-state index is 11.4. The molecule has 0 heterocycles. The highest BCUT2D eigenvalue weighted by atomic mass is 32.2. The van der Waals surface area contributed by atoms with Gasteiger partial charge in [-0.2, -0.15) is 0 Å². The molecule has 0 amide bonds. The molecule has 90 valence electrons. The van der Waals surface area contributed by atoms with Crippen LogP contribution in [0.2, 0.25) is 0 Å². The summed E-state index contributed by atoms with van der Waals surface area (Å²) in [4.78, 5) is 10.2. The summed E-state index contributed by atoms with van der Waals surface area (Å²) >= 11 is 0. The van der Waals surface area contributed by atoms with Crippen LogP contribution in [0.3, 0.4) is 0 Å². The summed E-state index contributed by atoms with van der Waals surface area (Å²) in [5.74, 6) is 0.815. The molecule has 0 aromatic rings. The first-order valence-corrected chi connectivity index (χ1v) is 7.22. The lowest BCUT2D eigenvalue weighted by atomic mass is 10.2. The second-order valence-electron chi connectivity index (χ2n) is 3.76. The van der Waals surface area contributed by atoms with E-state index in [9.17, 15) is 9.00 Å². The predicted octanol–water partition coefficient (Wildman–Crippen LogP) is 2.57. The van der Waals surface area contributed by atoms with Crippen LogP contribution in [0.4, 0.5) is 0 Å². The molecule has 0 aromatic carbocycles. The van der Waals surface area contributed by atoms with Gasteiger partial charge in [-0.1, -0.05) is 26.2 Å². The van der Waals surface area contributed by atoms with E-state index in [1.165, 1.54) is 0 Å². The van der Waals surface area contributed by atoms with E-state index in [4.69, 9.17) is 5.11 Å². The van der Waals surface area contributed by atoms with Gasteiger partial charge < -0.3 is 5.11 Å². The smallest absolute Gasteiger partial charge is 0.303 e. The van der Waals surface area contributed by atoms with Gasteiger partial charge in [0.05, 0.1) is 0 Å². The van der Waals surface area contributed by atoms with E-state index in [-0.39, 0.29) is 6.42 Å². The third-order valence-electron chi connectivity index (χ3n) is 2.24. The van der Waals surface area contributed by atoms with E-state index < -0.39 is 16.8 Å². The summed E-state index contributed by atoms with van der Waals surface area (Å²) in [5.41, 5.74) is 0. The quantitative estimate of drug-likeness (QED) is 0.591. The van der Waals surface area contributed by atoms with Gasteiger partial charge in [0.1, 0.15) is 0 Å². The van der Waals surface area contributed by atoms with Crippen LogP contribution in [0, 0.1) is 0 Å². The molecule has 0 rings (SSSR count). The Morgan fingerprint density at radius 2 is 1.67 bits per heavy atom. The minimum Gasteiger partial charge on any atom is -0.481 e. The van der Waals surface area contributed by atoms with Crippen LogP contribution >= 0.6 is 0 Å². The zero-order valence-electron chi connectivity index (χ0n) is 9.54. The maximum atomic E-state index is 11.4. The normalized spacial score (nSPS) is 12.6. The fraction of sp³-hybridized carbons (Fsp3) is 0.909. The second-order valence-corrected chi connectivity index (χ2v) is 5.46. The monoisotopic (exact) mass is 234 g/mol. The Morgan fingerprint density at radius 3 is 2.20 bits per heavy atom. The molecule has 1 unspecified atom stereocenters. The molecule has 0 aliphatic rings. The number of hydrogen-bond acceptors (Lipinski definition) is 2. The van der Waals surface area contributed by atoms with Gasteiger partial charge in [0.15, 0.2) is 0 Å². The molecule has 0 bridgehead atoms. The summed E-state index contributed by atoms with van der Waals surface area (Å²) in [6.07, 6.45) is 6.10. The number of unbranched alkanes of at least 4 members (excludes halogenated alkanes) is 4. The van der Waals surface area contributed by atoms with Crippen molar-refractivity contribution >= 4 is 16.8 Å². The molecule has 3 nitrogen and oxygen atoms in total. The van der Waals surface area contributed by atoms with Gasteiger partial charge in [-0.3, -0.25) is 9.00 Å². The first-order chi connectivity index (χ1) is 7.16. The maximum Gasteiger partial charge on any atom is 0.303 e. The minimum absolute atomic E-state index is 0.239. The predicted molar refractivity (Wildman–Crippen MR) is 63.5 cm³/mol. The molecule has 0 fully saturated rings. The van der Waals surface area contributed by atoms with Crippen molar-refractivity contribution in [2.45, 2.75) is 51.9 Å². The van der Waals surface area contributed by atoms with Crippen LogP contribution in [-0.2, 0) is 15.6 Å². The fourth-order valence-electron chi connectivity index (χ4n) is 1.33. The van der Waals surface area contributed by atoms with E-state index in [2.05, 4.69) is 6.92 Å². The van der Waals surface area contributed by atoms with Crippen LogP contribution in [0.1, 0.15) is 51.9 Å². The Labute approximate surface area is 94.7 Å². The fourth-order valence-corrected chi connectivity index (χ4v) is 2.59. The van der Waals surface area contributed by atoms with E-state index >= 15 is 0 Å². The van der Waals surface area contributed by atoms with E-state index in [0.29, 0.717) is 6.42 Å². The molecule has 0 aliphatic carbocycles. The topological polar surface area (TPSA) is 54.4 Å². The van der Waals surface area contributed by atoms with Gasteiger partial charge in [0.25, 0.3) is 0 Å². The summed E-state index contributed by atoms with van der Waals surface area (Å²) in [7, 11) is -0.683. The number of carbonyl (C=O) groups is 1. The van der Waals surface area contributed by atoms with Gasteiger partial charge in [-0.05, 0) is 19.3 Å². The zero-order chi connectivity index (χ0) is 11.5. The summed E-state index contributed by atoms with van der Waals surface area (Å²) < 4.78 is 11.4. The highest BCUT2D eigenvalue weighted by Crippen LogP contribution is 2.03. The van der Waals surface area contributed by atoms with Crippen LogP contribution in [0.25, 0.3) is 0 Å². The molecule has 0 saturated carbocycles. The summed E-state index contributed by atoms with van der Waals surface area (Å²) in [6, 6.07) is 0. The molecule has 0 spiro atoms. The van der Waals surface area contributed by atoms with Crippen molar-refractivity contribution in [3.63, 3.8) is 0 Å². The SMILES string of the molecule is CCCCCS(=O)CCCCCC(=O)O. The Morgan fingerprint density at radius 1 is 1.07 bits per heavy atom. The second kappa shape index (κ2) is 10.1. The van der Waals surface area contributed by atoms with E-state index in [0.717, 1.165) is 43.6 Å². The Hall–Kier alpha value is -0.380. The zero-order valence-corrected chi connectivity index (χ0v) is 10.4. The van der Waals surface area contributed by atoms with Crippen LogP contribution in [0.15, 0.2) is 0 Å². The van der Waals surface area contributed by atoms with Gasteiger partial charge in [-0.25, -0.2) is 0 Å². The molecule has 0 aromatic heterocycles. The highest BCUT2D eigenvalue weighted by Gasteiger charge is 2.00. The lowest BCUT2D eigenvalue weighted by Gasteiger charge is -2.01. The lowest BCUT2D eigenvalue weighted by Crippen LogP contribution is -2.03. The number of rotatable bonds is 10. The number of carboxylic acids is 1. The first kappa shape index (κ1) is 14.6. The average molecular weight is 234 g/mol. The molecular weight excluding hydrogens is 212 g/mol. The number of carboxylic acid groups (broad SMARTS) is 1. The van der Waals surface area contributed by atoms with Crippen molar-refractivity contribution in [1.29, 1.82) is 0 Å². The van der Waals surface area contributed by atoms with Gasteiger partial charge >= 0.3 is 5.97 Å². The standard InChI is InChI=1S/C11H22O3S/c1-2-3-6-9-15(14)10-7-4-5-8-11(12)13/h2-10H2,1H3,(H,12,13). The largest absolute Gasteiger partial charge is 0.481 e. The number of hydrogen-bond donors (Lipinski definition) is 1. The Bertz CT molecular complexity index is 192. The van der Waals surface area contributed by atoms with Crippen LogP contribution < -0.4 is 0 Å². The lowest BCUT2D eigenvalue weighted by molar-refractivity contribution is -0.137. The summed E-state index contributed by atoms with van der Waals surface area (Å²) in [5, 5.41) is 8.41. The molecule has 1 N–H and O–H groups in total. The van der Waals surface area contributed by atoms with E-state index in [1.54, 1.807) is 0 Å². The number of aliphatic carboxylic acids is 1. The first-order valence-electron chi connectivity index (χ1n) is 5.73. The van der Waals surface area contributed by atoms with Crippen LogP contribution in [0.5, 0.6) is 0 Å². The molecule has 15 heavy (non-hydrogen) atoms. The average Bonchev–Trinajstić information content (AvgIpc) is 2.17. The van der Waals surface area contributed by atoms with Crippen LogP contribution in [-0.4, -0.2) is 26.8 Å². The summed E-state index contributed by atoms with van der Waals surface area (Å²) in [6.45, 7) is 2.13.